The number of allylic oxidation sites excluding steroid dienone is 1. The monoisotopic (exact) mass is 266 g/mol. The first kappa shape index (κ1) is 14.3. The van der Waals surface area contributed by atoms with Crippen molar-refractivity contribution < 1.29 is 0 Å². The van der Waals surface area contributed by atoms with Crippen molar-refractivity contribution in [3.63, 3.8) is 0 Å². The first-order chi connectivity index (χ1) is 8.66. The zero-order valence-corrected chi connectivity index (χ0v) is 14.3. The van der Waals surface area contributed by atoms with E-state index >= 15 is 0 Å². The van der Waals surface area contributed by atoms with Gasteiger partial charge >= 0.3 is 0 Å². The van der Waals surface area contributed by atoms with Crippen LogP contribution in [-0.4, -0.2) is 51.9 Å². The van der Waals surface area contributed by atoms with Gasteiger partial charge in [0.2, 0.25) is 0 Å². The molecule has 18 heavy (non-hydrogen) atoms. The van der Waals surface area contributed by atoms with Crippen molar-refractivity contribution in [3.05, 3.63) is 12.7 Å². The fourth-order valence-electron chi connectivity index (χ4n) is 3.53. The van der Waals surface area contributed by atoms with Crippen LogP contribution in [0.3, 0.4) is 0 Å². The van der Waals surface area contributed by atoms with Gasteiger partial charge in [-0.25, -0.2) is 0 Å². The van der Waals surface area contributed by atoms with Crippen molar-refractivity contribution in [2.24, 2.45) is 0 Å². The van der Waals surface area contributed by atoms with Crippen LogP contribution in [0.1, 0.15) is 45.4 Å². The van der Waals surface area contributed by atoms with E-state index in [0.29, 0.717) is 5.66 Å². The molecule has 1 unspecified atom stereocenters. The van der Waals surface area contributed by atoms with Crippen molar-refractivity contribution >= 4 is 10.2 Å². The highest BCUT2D eigenvalue weighted by Gasteiger charge is 2.39. The zero-order chi connectivity index (χ0) is 13.0. The van der Waals surface area contributed by atoms with Gasteiger partial charge in [-0.05, 0) is 77.2 Å². The third kappa shape index (κ3) is 3.06. The molecule has 2 heterocycles. The number of rotatable bonds is 6. The first-order valence-corrected chi connectivity index (χ1v) is 8.95. The van der Waals surface area contributed by atoms with E-state index < -0.39 is 0 Å². The quantitative estimate of drug-likeness (QED) is 0.536. The summed E-state index contributed by atoms with van der Waals surface area (Å²) in [5, 5.41) is 0. The third-order valence-electron chi connectivity index (χ3n) is 5.05. The van der Waals surface area contributed by atoms with Crippen molar-refractivity contribution in [3.8, 4) is 0 Å². The molecule has 0 aromatic heterocycles. The molecule has 2 rings (SSSR count). The van der Waals surface area contributed by atoms with Gasteiger partial charge in [0.25, 0.3) is 0 Å². The molecule has 0 spiro atoms. The minimum Gasteiger partial charge on any atom is -0.286 e. The van der Waals surface area contributed by atoms with Gasteiger partial charge in [0, 0.05) is 10.2 Å². The van der Waals surface area contributed by atoms with Gasteiger partial charge in [-0.1, -0.05) is 6.08 Å². The molecular formula is C15H30N2Si. The second-order valence-corrected chi connectivity index (χ2v) is 7.84. The number of nitrogens with zero attached hydrogens (tertiary/aromatic N) is 2. The minimum atomic E-state index is 0.332. The molecular weight excluding hydrogens is 236 g/mol. The Morgan fingerprint density at radius 1 is 1.11 bits per heavy atom. The molecule has 0 amide bonds. The van der Waals surface area contributed by atoms with E-state index in [1.54, 1.807) is 0 Å². The van der Waals surface area contributed by atoms with E-state index in [9.17, 15) is 0 Å². The SMILES string of the molecule is C=CC([SiH3])CCC(C)(N1CCCC1)N1CCCC1. The van der Waals surface area contributed by atoms with Crippen LogP contribution in [-0.2, 0) is 0 Å². The molecule has 2 nitrogen and oxygen atoms in total. The molecule has 2 aliphatic rings. The van der Waals surface area contributed by atoms with Gasteiger partial charge < -0.3 is 0 Å². The van der Waals surface area contributed by atoms with Gasteiger partial charge in [0.05, 0.1) is 5.66 Å². The Labute approximate surface area is 116 Å². The van der Waals surface area contributed by atoms with E-state index in [1.807, 2.05) is 0 Å². The van der Waals surface area contributed by atoms with Crippen LogP contribution >= 0.6 is 0 Å². The number of hydrogen-bond donors (Lipinski definition) is 0. The van der Waals surface area contributed by atoms with Gasteiger partial charge in [-0.2, -0.15) is 0 Å². The Morgan fingerprint density at radius 2 is 1.56 bits per heavy atom. The molecule has 0 N–H and O–H groups in total. The molecule has 2 aliphatic heterocycles. The lowest BCUT2D eigenvalue weighted by atomic mass is 10.00. The maximum absolute atomic E-state index is 3.96. The van der Waals surface area contributed by atoms with Crippen LogP contribution in [0.25, 0.3) is 0 Å². The van der Waals surface area contributed by atoms with Crippen molar-refractivity contribution in [2.75, 3.05) is 26.2 Å². The zero-order valence-electron chi connectivity index (χ0n) is 12.3. The summed E-state index contributed by atoms with van der Waals surface area (Å²) in [7, 11) is 1.26. The smallest absolute Gasteiger partial charge is 0.0708 e. The van der Waals surface area contributed by atoms with Crippen molar-refractivity contribution in [2.45, 2.75) is 56.7 Å². The first-order valence-electron chi connectivity index (χ1n) is 7.79. The van der Waals surface area contributed by atoms with Crippen molar-refractivity contribution in [1.29, 1.82) is 0 Å². The molecule has 0 aromatic rings. The summed E-state index contributed by atoms with van der Waals surface area (Å²) >= 11 is 0. The van der Waals surface area contributed by atoms with Crippen LogP contribution in [0.15, 0.2) is 12.7 Å². The predicted octanol–water partition coefficient (Wildman–Crippen LogP) is 2.01. The molecule has 0 radical (unpaired) electrons. The molecule has 0 saturated carbocycles. The summed E-state index contributed by atoms with van der Waals surface area (Å²) in [6, 6.07) is 0. The molecule has 104 valence electrons. The summed E-state index contributed by atoms with van der Waals surface area (Å²) in [6.45, 7) is 11.7. The number of likely N-dealkylation sites (tertiary alicyclic amines) is 2. The van der Waals surface area contributed by atoms with Gasteiger partial charge in [0.1, 0.15) is 0 Å². The maximum Gasteiger partial charge on any atom is 0.0708 e. The largest absolute Gasteiger partial charge is 0.286 e. The highest BCUT2D eigenvalue weighted by Crippen LogP contribution is 2.33. The maximum atomic E-state index is 3.96. The predicted molar refractivity (Wildman–Crippen MR) is 83.1 cm³/mol. The Bertz CT molecular complexity index is 252. The average molecular weight is 267 g/mol. The van der Waals surface area contributed by atoms with E-state index in [-0.39, 0.29) is 0 Å². The average Bonchev–Trinajstić information content (AvgIpc) is 3.06. The second kappa shape index (κ2) is 6.35. The molecule has 0 aromatic carbocycles. The molecule has 2 fully saturated rings. The molecule has 0 bridgehead atoms. The topological polar surface area (TPSA) is 6.48 Å². The lowest BCUT2D eigenvalue weighted by Gasteiger charge is -2.46. The van der Waals surface area contributed by atoms with Gasteiger partial charge in [-0.3, -0.25) is 9.80 Å². The van der Waals surface area contributed by atoms with Crippen LogP contribution in [0.2, 0.25) is 5.54 Å². The third-order valence-corrected chi connectivity index (χ3v) is 6.10. The van der Waals surface area contributed by atoms with Crippen LogP contribution < -0.4 is 0 Å². The highest BCUT2D eigenvalue weighted by atomic mass is 28.1. The lowest BCUT2D eigenvalue weighted by molar-refractivity contribution is -0.0264. The van der Waals surface area contributed by atoms with Gasteiger partial charge in [0.15, 0.2) is 0 Å². The minimum absolute atomic E-state index is 0.332. The standard InChI is InChI=1S/C15H30N2Si/c1-3-14(18)8-9-15(2,16-10-4-5-11-16)17-12-6-7-13-17/h3,14H,1,4-13H2,2,18H3. The normalized spacial score (nSPS) is 24.7. The molecule has 3 heteroatoms. The fraction of sp³-hybridized carbons (Fsp3) is 0.867. The van der Waals surface area contributed by atoms with E-state index in [4.69, 9.17) is 0 Å². The van der Waals surface area contributed by atoms with E-state index in [2.05, 4.69) is 29.4 Å². The fourth-order valence-corrected chi connectivity index (χ4v) is 3.82. The Hall–Kier alpha value is -0.123. The summed E-state index contributed by atoms with van der Waals surface area (Å²) in [6.07, 6.45) is 10.4. The van der Waals surface area contributed by atoms with Crippen molar-refractivity contribution in [1.82, 2.24) is 9.80 Å². The summed E-state index contributed by atoms with van der Waals surface area (Å²) in [5.74, 6) is 0. The Morgan fingerprint density at radius 3 is 1.94 bits per heavy atom. The lowest BCUT2D eigenvalue weighted by Crippen LogP contribution is -2.56. The summed E-state index contributed by atoms with van der Waals surface area (Å²) in [4.78, 5) is 5.52. The summed E-state index contributed by atoms with van der Waals surface area (Å²) < 4.78 is 0. The molecule has 1 atom stereocenters. The summed E-state index contributed by atoms with van der Waals surface area (Å²) in [5.41, 5.74) is 1.12. The van der Waals surface area contributed by atoms with Crippen LogP contribution in [0.5, 0.6) is 0 Å². The molecule has 0 aliphatic carbocycles. The second-order valence-electron chi connectivity index (χ2n) is 6.36. The van der Waals surface area contributed by atoms with E-state index in [1.165, 1.54) is 74.9 Å². The van der Waals surface area contributed by atoms with E-state index in [0.717, 1.165) is 5.54 Å². The van der Waals surface area contributed by atoms with Crippen LogP contribution in [0, 0.1) is 0 Å². The number of hydrogen-bond acceptors (Lipinski definition) is 2. The molecule has 2 saturated heterocycles. The van der Waals surface area contributed by atoms with Crippen LogP contribution in [0.4, 0.5) is 0 Å². The van der Waals surface area contributed by atoms with Gasteiger partial charge in [-0.15, -0.1) is 6.58 Å². The Balaban J connectivity index is 2.02. The highest BCUT2D eigenvalue weighted by molar-refractivity contribution is 6.12. The Kier molecular flexibility index (Phi) is 5.04.